The Bertz CT molecular complexity index is 1380. The van der Waals surface area contributed by atoms with Crippen LogP contribution in [0.25, 0.3) is 0 Å². The van der Waals surface area contributed by atoms with Gasteiger partial charge in [-0.05, 0) is 20.8 Å². The van der Waals surface area contributed by atoms with E-state index >= 15 is 0 Å². The van der Waals surface area contributed by atoms with Gasteiger partial charge in [0.2, 0.25) is 5.91 Å². The molecule has 0 unspecified atom stereocenters. The van der Waals surface area contributed by atoms with E-state index in [1.165, 1.54) is 20.8 Å². The molecule has 0 aromatic carbocycles. The summed E-state index contributed by atoms with van der Waals surface area (Å²) in [6.07, 6.45) is -40.9. The van der Waals surface area contributed by atoms with E-state index in [1.807, 2.05) is 0 Å². The standard InChI is InChI=1S/C34H57NO24/c1-8-16(40)26(53-12(5)39)23(47)33(51-8)59-29-28(58-31-22(46)21(45)19(43)13(6-36)55-31)18(42)10(3)52-34(29)57-27-17(41)9(2)50-32(24(27)48)56-25-15(35-11(4)38)30(49)54-14(7-37)20(25)44/h8-10,13-34,36-37,40-49H,6-7H2,1-5H3,(H,35,38)/t8-,9-,10-,13+,14+,15+,16-,17-,18-,19+,20+,21-,22+,23+,24+,25+,26+,27+,28+,29+,30+,31+,32-,33-,34-/m0/s1. The van der Waals surface area contributed by atoms with Crippen molar-refractivity contribution in [1.82, 2.24) is 5.32 Å². The van der Waals surface area contributed by atoms with Crippen LogP contribution in [0.2, 0.25) is 0 Å². The van der Waals surface area contributed by atoms with E-state index < -0.39 is 179 Å². The van der Waals surface area contributed by atoms with Crippen molar-refractivity contribution >= 4 is 11.9 Å². The van der Waals surface area contributed by atoms with Gasteiger partial charge in [0.05, 0.1) is 31.5 Å². The summed E-state index contributed by atoms with van der Waals surface area (Å²) in [4.78, 5) is 23.9. The van der Waals surface area contributed by atoms with Gasteiger partial charge >= 0.3 is 5.97 Å². The van der Waals surface area contributed by atoms with Gasteiger partial charge in [-0.2, -0.15) is 0 Å². The number of aliphatic hydroxyl groups is 12. The third-order valence-electron chi connectivity index (χ3n) is 10.9. The number of esters is 1. The summed E-state index contributed by atoms with van der Waals surface area (Å²) in [6.45, 7) is 4.53. The molecule has 59 heavy (non-hydrogen) atoms. The lowest BCUT2D eigenvalue weighted by Gasteiger charge is -2.51. The Morgan fingerprint density at radius 1 is 0.475 bits per heavy atom. The van der Waals surface area contributed by atoms with Gasteiger partial charge in [-0.1, -0.05) is 0 Å². The number of hydrogen-bond donors (Lipinski definition) is 13. The van der Waals surface area contributed by atoms with Gasteiger partial charge < -0.3 is 114 Å². The van der Waals surface area contributed by atoms with Crippen molar-refractivity contribution in [2.45, 2.75) is 188 Å². The van der Waals surface area contributed by atoms with Crippen LogP contribution in [-0.4, -0.2) is 240 Å². The maximum atomic E-state index is 12.0. The molecule has 13 N–H and O–H groups in total. The number of carbonyl (C=O) groups is 2. The molecule has 25 nitrogen and oxygen atoms in total. The molecule has 0 aromatic rings. The number of nitrogens with one attached hydrogen (secondary N) is 1. The zero-order valence-corrected chi connectivity index (χ0v) is 32.6. The highest BCUT2D eigenvalue weighted by molar-refractivity contribution is 5.73. The number of carbonyl (C=O) groups excluding carboxylic acids is 2. The second kappa shape index (κ2) is 20.1. The Balaban J connectivity index is 1.48. The van der Waals surface area contributed by atoms with Gasteiger partial charge in [-0.15, -0.1) is 0 Å². The first-order valence-electron chi connectivity index (χ1n) is 19.1. The molecule has 0 aromatic heterocycles. The molecule has 5 heterocycles. The van der Waals surface area contributed by atoms with E-state index in [1.54, 1.807) is 0 Å². The molecular weight excluding hydrogens is 806 g/mol. The second-order valence-electron chi connectivity index (χ2n) is 15.2. The molecule has 5 aliphatic heterocycles. The zero-order chi connectivity index (χ0) is 43.8. The van der Waals surface area contributed by atoms with Crippen molar-refractivity contribution in [3.63, 3.8) is 0 Å². The highest BCUT2D eigenvalue weighted by atomic mass is 16.8. The summed E-state index contributed by atoms with van der Waals surface area (Å²) in [5.74, 6) is -1.56. The zero-order valence-electron chi connectivity index (χ0n) is 32.6. The summed E-state index contributed by atoms with van der Waals surface area (Å²) in [6, 6.07) is -1.47. The molecule has 25 atom stereocenters. The van der Waals surface area contributed by atoms with Crippen molar-refractivity contribution in [3.8, 4) is 0 Å². The predicted molar refractivity (Wildman–Crippen MR) is 183 cm³/mol. The van der Waals surface area contributed by atoms with Crippen LogP contribution in [0.1, 0.15) is 34.6 Å². The van der Waals surface area contributed by atoms with E-state index in [0.717, 1.165) is 13.8 Å². The predicted octanol–water partition coefficient (Wildman–Crippen LogP) is -8.13. The smallest absolute Gasteiger partial charge is 0.303 e. The fourth-order valence-corrected chi connectivity index (χ4v) is 7.54. The lowest BCUT2D eigenvalue weighted by molar-refractivity contribution is -0.404. The lowest BCUT2D eigenvalue weighted by Crippen LogP contribution is -2.69. The molecule has 5 saturated heterocycles. The van der Waals surface area contributed by atoms with Crippen LogP contribution in [-0.2, 0) is 57.0 Å². The average molecular weight is 864 g/mol. The van der Waals surface area contributed by atoms with Crippen molar-refractivity contribution in [2.24, 2.45) is 0 Å². The van der Waals surface area contributed by atoms with Gasteiger partial charge in [0.1, 0.15) is 97.6 Å². The van der Waals surface area contributed by atoms with Crippen LogP contribution in [0.15, 0.2) is 0 Å². The van der Waals surface area contributed by atoms with Gasteiger partial charge in [0, 0.05) is 13.8 Å². The van der Waals surface area contributed by atoms with E-state index in [0.29, 0.717) is 0 Å². The largest absolute Gasteiger partial charge is 0.457 e. The molecule has 0 saturated carbocycles. The lowest BCUT2D eigenvalue weighted by atomic mass is 9.95. The summed E-state index contributed by atoms with van der Waals surface area (Å²) < 4.78 is 57.3. The van der Waals surface area contributed by atoms with Crippen LogP contribution < -0.4 is 5.32 Å². The molecule has 0 spiro atoms. The summed E-state index contributed by atoms with van der Waals surface area (Å²) in [5, 5.41) is 131. The topological polar surface area (TPSA) is 381 Å². The highest BCUT2D eigenvalue weighted by Gasteiger charge is 2.57. The number of ether oxygens (including phenoxy) is 10. The molecule has 1 amide bonds. The normalized spacial score (nSPS) is 50.8. The van der Waals surface area contributed by atoms with Crippen LogP contribution in [0.4, 0.5) is 0 Å². The van der Waals surface area contributed by atoms with Gasteiger partial charge in [-0.3, -0.25) is 9.59 Å². The Morgan fingerprint density at radius 3 is 1.46 bits per heavy atom. The van der Waals surface area contributed by atoms with E-state index in [9.17, 15) is 70.9 Å². The monoisotopic (exact) mass is 863 g/mol. The third kappa shape index (κ3) is 10.3. The van der Waals surface area contributed by atoms with Crippen LogP contribution in [0, 0.1) is 0 Å². The Morgan fingerprint density at radius 2 is 0.915 bits per heavy atom. The summed E-state index contributed by atoms with van der Waals surface area (Å²) in [7, 11) is 0. The maximum absolute atomic E-state index is 12.0. The van der Waals surface area contributed by atoms with Crippen molar-refractivity contribution in [3.05, 3.63) is 0 Å². The molecule has 5 aliphatic rings. The van der Waals surface area contributed by atoms with E-state index in [4.69, 9.17) is 47.4 Å². The van der Waals surface area contributed by atoms with Gasteiger partial charge in [0.25, 0.3) is 0 Å². The first kappa shape index (κ1) is 48.1. The molecule has 0 aliphatic carbocycles. The van der Waals surface area contributed by atoms with Crippen molar-refractivity contribution in [2.75, 3.05) is 13.2 Å². The summed E-state index contributed by atoms with van der Waals surface area (Å²) in [5.41, 5.74) is 0. The van der Waals surface area contributed by atoms with Crippen LogP contribution in [0.3, 0.4) is 0 Å². The molecule has 5 rings (SSSR count). The molecule has 5 fully saturated rings. The van der Waals surface area contributed by atoms with Crippen molar-refractivity contribution in [1.29, 1.82) is 0 Å². The number of amides is 1. The minimum absolute atomic E-state index is 0.677. The van der Waals surface area contributed by atoms with Gasteiger partial charge in [0.15, 0.2) is 37.6 Å². The molecular formula is C34H57NO24. The fraction of sp³-hybridized carbons (Fsp3) is 0.941. The molecule has 0 radical (unpaired) electrons. The molecule has 25 heteroatoms. The van der Waals surface area contributed by atoms with Crippen molar-refractivity contribution < 1.29 is 118 Å². The quantitative estimate of drug-likeness (QED) is 0.0810. The molecule has 342 valence electrons. The maximum Gasteiger partial charge on any atom is 0.303 e. The summed E-state index contributed by atoms with van der Waals surface area (Å²) >= 11 is 0. The Hall–Kier alpha value is -1.90. The van der Waals surface area contributed by atoms with Crippen LogP contribution in [0.5, 0.6) is 0 Å². The SMILES string of the molecule is CC(=O)N[C@@H]1[C@@H](O[C@@H]2O[C@@H](C)[C@H](O)[C@@H](O[C@@H]3O[C@@H](C)[C@H](O)[C@@H](O[C@H]4O[C@H](CO)[C@@H](O)[C@H](O)[C@H]4O)[C@H]3O[C@@H]3O[C@@H](C)[C@H](O)[C@@H](OC(C)=O)[C@H]3O)[C@H]2O)[C@H](O)[C@@H](CO)O[C@H]1O. The Labute approximate surface area is 336 Å². The first-order chi connectivity index (χ1) is 27.7. The number of hydrogen-bond acceptors (Lipinski definition) is 24. The third-order valence-corrected chi connectivity index (χ3v) is 10.9. The van der Waals surface area contributed by atoms with Gasteiger partial charge in [-0.25, -0.2) is 0 Å². The fourth-order valence-electron chi connectivity index (χ4n) is 7.54. The second-order valence-corrected chi connectivity index (χ2v) is 15.2. The van der Waals surface area contributed by atoms with Crippen LogP contribution >= 0.6 is 0 Å². The van der Waals surface area contributed by atoms with E-state index in [2.05, 4.69) is 5.32 Å². The van der Waals surface area contributed by atoms with E-state index in [-0.39, 0.29) is 0 Å². The molecule has 0 bridgehead atoms. The highest BCUT2D eigenvalue weighted by Crippen LogP contribution is 2.37. The minimum atomic E-state index is -2.02. The number of aliphatic hydroxyl groups excluding tert-OH is 12. The first-order valence-corrected chi connectivity index (χ1v) is 19.1. The minimum Gasteiger partial charge on any atom is -0.457 e. The average Bonchev–Trinajstić information content (AvgIpc) is 3.18. The Kier molecular flexibility index (Phi) is 16.4. The number of rotatable bonds is 12.